The molecule has 2 aromatic heterocycles. The Morgan fingerprint density at radius 1 is 1.28 bits per heavy atom. The Morgan fingerprint density at radius 3 is 2.97 bits per heavy atom. The van der Waals surface area contributed by atoms with E-state index in [1.165, 1.54) is 28.0 Å². The minimum absolute atomic E-state index is 0.0599. The van der Waals surface area contributed by atoms with Crippen molar-refractivity contribution in [2.45, 2.75) is 26.3 Å². The van der Waals surface area contributed by atoms with E-state index in [0.29, 0.717) is 5.13 Å². The van der Waals surface area contributed by atoms with Crippen LogP contribution < -0.4 is 10.6 Å². The molecule has 1 aliphatic rings. The van der Waals surface area contributed by atoms with E-state index in [1.54, 1.807) is 0 Å². The van der Waals surface area contributed by atoms with Crippen LogP contribution in [0.3, 0.4) is 0 Å². The van der Waals surface area contributed by atoms with Crippen molar-refractivity contribution in [3.63, 3.8) is 0 Å². The summed E-state index contributed by atoms with van der Waals surface area (Å²) < 4.78 is 3.24. The van der Waals surface area contributed by atoms with Gasteiger partial charge in [-0.1, -0.05) is 35.1 Å². The topological polar surface area (TPSA) is 59.0 Å². The molecule has 148 valence electrons. The molecule has 2 N–H and O–H groups in total. The van der Waals surface area contributed by atoms with Crippen LogP contribution in [-0.2, 0) is 24.2 Å². The lowest BCUT2D eigenvalue weighted by atomic mass is 10.1. The van der Waals surface area contributed by atoms with Gasteiger partial charge in [0.15, 0.2) is 5.13 Å². The predicted molar refractivity (Wildman–Crippen MR) is 120 cm³/mol. The van der Waals surface area contributed by atoms with Gasteiger partial charge in [0, 0.05) is 29.1 Å². The summed E-state index contributed by atoms with van der Waals surface area (Å²) in [6, 6.07) is 11.9. The number of fused-ring (bicyclic) bond motifs is 4. The summed E-state index contributed by atoms with van der Waals surface area (Å²) in [6.07, 6.45) is 1.84. The zero-order chi connectivity index (χ0) is 20.0. The number of carbonyl (C=O) groups is 1. The SMILES string of the molecule is Cc1cc(Cl)cc2c3c(n(CC(=O)Nc4nc5ccccc5s4)c12)CCNCC3. The van der Waals surface area contributed by atoms with Crippen LogP contribution in [0, 0.1) is 6.92 Å². The molecule has 0 spiro atoms. The molecule has 1 aliphatic heterocycles. The van der Waals surface area contributed by atoms with Crippen LogP contribution in [-0.4, -0.2) is 28.5 Å². The van der Waals surface area contributed by atoms with Gasteiger partial charge in [-0.3, -0.25) is 4.79 Å². The highest BCUT2D eigenvalue weighted by Gasteiger charge is 2.22. The van der Waals surface area contributed by atoms with Crippen LogP contribution >= 0.6 is 22.9 Å². The Morgan fingerprint density at radius 2 is 2.10 bits per heavy atom. The van der Waals surface area contributed by atoms with Gasteiger partial charge in [-0.2, -0.15) is 0 Å². The number of carbonyl (C=O) groups excluding carboxylic acids is 1. The van der Waals surface area contributed by atoms with E-state index in [0.717, 1.165) is 52.3 Å². The third kappa shape index (κ3) is 3.41. The van der Waals surface area contributed by atoms with E-state index in [2.05, 4.69) is 27.1 Å². The average Bonchev–Trinajstić information content (AvgIpc) is 3.09. The number of amides is 1. The first-order valence-electron chi connectivity index (χ1n) is 9.76. The first-order chi connectivity index (χ1) is 14.1. The molecule has 0 saturated carbocycles. The fourth-order valence-corrected chi connectivity index (χ4v) is 5.44. The number of aromatic nitrogens is 2. The highest BCUT2D eigenvalue weighted by Crippen LogP contribution is 2.33. The Kier molecular flexibility index (Phi) is 4.78. The number of thiazole rings is 1. The number of hydrogen-bond donors (Lipinski definition) is 2. The van der Waals surface area contributed by atoms with E-state index in [4.69, 9.17) is 11.6 Å². The normalized spacial score (nSPS) is 14.1. The van der Waals surface area contributed by atoms with Gasteiger partial charge < -0.3 is 15.2 Å². The van der Waals surface area contributed by atoms with Gasteiger partial charge in [-0.05, 0) is 55.3 Å². The van der Waals surface area contributed by atoms with Crippen molar-refractivity contribution >= 4 is 55.1 Å². The number of halogens is 1. The van der Waals surface area contributed by atoms with Crippen LogP contribution in [0.1, 0.15) is 16.8 Å². The lowest BCUT2D eigenvalue weighted by molar-refractivity contribution is -0.116. The molecule has 0 fully saturated rings. The molecule has 5 rings (SSSR count). The van der Waals surface area contributed by atoms with Gasteiger partial charge in [0.1, 0.15) is 6.54 Å². The van der Waals surface area contributed by atoms with Gasteiger partial charge >= 0.3 is 0 Å². The summed E-state index contributed by atoms with van der Waals surface area (Å²) in [6.45, 7) is 4.18. The summed E-state index contributed by atoms with van der Waals surface area (Å²) in [5, 5.41) is 9.00. The number of anilines is 1. The molecule has 4 aromatic rings. The third-order valence-electron chi connectivity index (χ3n) is 5.47. The second kappa shape index (κ2) is 7.44. The Labute approximate surface area is 177 Å². The number of nitrogens with one attached hydrogen (secondary N) is 2. The van der Waals surface area contributed by atoms with Gasteiger partial charge in [0.25, 0.3) is 0 Å². The van der Waals surface area contributed by atoms with Crippen molar-refractivity contribution in [1.82, 2.24) is 14.9 Å². The van der Waals surface area contributed by atoms with E-state index >= 15 is 0 Å². The van der Waals surface area contributed by atoms with E-state index < -0.39 is 0 Å². The van der Waals surface area contributed by atoms with Gasteiger partial charge in [-0.25, -0.2) is 4.98 Å². The summed E-state index contributed by atoms with van der Waals surface area (Å²) in [4.78, 5) is 17.5. The molecular weight excluding hydrogens is 404 g/mol. The number of para-hydroxylation sites is 1. The fourth-order valence-electron chi connectivity index (χ4n) is 4.29. The predicted octanol–water partition coefficient (Wildman–Crippen LogP) is 4.54. The first kappa shape index (κ1) is 18.6. The molecule has 2 aromatic carbocycles. The summed E-state index contributed by atoms with van der Waals surface area (Å²) >= 11 is 7.86. The zero-order valence-corrected chi connectivity index (χ0v) is 17.7. The smallest absolute Gasteiger partial charge is 0.246 e. The summed E-state index contributed by atoms with van der Waals surface area (Å²) in [7, 11) is 0. The van der Waals surface area contributed by atoms with Crippen LogP contribution in [0.2, 0.25) is 5.02 Å². The molecule has 29 heavy (non-hydrogen) atoms. The number of nitrogens with zero attached hydrogens (tertiary/aromatic N) is 2. The quantitative estimate of drug-likeness (QED) is 0.507. The summed E-state index contributed by atoms with van der Waals surface area (Å²) in [5.74, 6) is -0.0599. The highest BCUT2D eigenvalue weighted by atomic mass is 35.5. The van der Waals surface area contributed by atoms with Crippen LogP contribution in [0.15, 0.2) is 36.4 Å². The standard InChI is InChI=1S/C22H21ClN4OS/c1-13-10-14(23)11-16-15-6-8-24-9-7-18(15)27(21(13)16)12-20(28)26-22-25-17-4-2-3-5-19(17)29-22/h2-5,10-11,24H,6-9,12H2,1H3,(H,25,26,28). The molecule has 1 amide bonds. The molecule has 0 unspecified atom stereocenters. The Hall–Kier alpha value is -2.41. The largest absolute Gasteiger partial charge is 0.335 e. The molecule has 5 nitrogen and oxygen atoms in total. The average molecular weight is 425 g/mol. The Balaban J connectivity index is 1.52. The van der Waals surface area contributed by atoms with Crippen molar-refractivity contribution in [3.8, 4) is 0 Å². The minimum Gasteiger partial charge on any atom is -0.335 e. The van der Waals surface area contributed by atoms with Crippen molar-refractivity contribution in [1.29, 1.82) is 0 Å². The maximum atomic E-state index is 12.9. The van der Waals surface area contributed by atoms with Crippen molar-refractivity contribution in [2.24, 2.45) is 0 Å². The monoisotopic (exact) mass is 424 g/mol. The van der Waals surface area contributed by atoms with Gasteiger partial charge in [0.05, 0.1) is 15.7 Å². The number of benzene rings is 2. The highest BCUT2D eigenvalue weighted by molar-refractivity contribution is 7.22. The number of rotatable bonds is 3. The van der Waals surface area contributed by atoms with Crippen molar-refractivity contribution in [2.75, 3.05) is 18.4 Å². The van der Waals surface area contributed by atoms with Gasteiger partial charge in [-0.15, -0.1) is 0 Å². The molecule has 0 atom stereocenters. The zero-order valence-electron chi connectivity index (χ0n) is 16.1. The number of aryl methyl sites for hydroxylation is 1. The molecular formula is C22H21ClN4OS. The second-order valence-corrected chi connectivity index (χ2v) is 8.88. The van der Waals surface area contributed by atoms with Crippen molar-refractivity contribution in [3.05, 3.63) is 58.2 Å². The summed E-state index contributed by atoms with van der Waals surface area (Å²) in [5.41, 5.74) is 5.66. The van der Waals surface area contributed by atoms with Crippen LogP contribution in [0.4, 0.5) is 5.13 Å². The molecule has 7 heteroatoms. The van der Waals surface area contributed by atoms with Crippen LogP contribution in [0.25, 0.3) is 21.1 Å². The minimum atomic E-state index is -0.0599. The lowest BCUT2D eigenvalue weighted by Crippen LogP contribution is -2.21. The Bertz CT molecular complexity index is 1210. The maximum absolute atomic E-state index is 12.9. The molecule has 0 radical (unpaired) electrons. The van der Waals surface area contributed by atoms with Crippen molar-refractivity contribution < 1.29 is 4.79 Å². The fraction of sp³-hybridized carbons (Fsp3) is 0.273. The first-order valence-corrected chi connectivity index (χ1v) is 11.0. The number of hydrogen-bond acceptors (Lipinski definition) is 4. The molecule has 3 heterocycles. The second-order valence-electron chi connectivity index (χ2n) is 7.42. The van der Waals surface area contributed by atoms with Crippen LogP contribution in [0.5, 0.6) is 0 Å². The third-order valence-corrected chi connectivity index (χ3v) is 6.64. The lowest BCUT2D eigenvalue weighted by Gasteiger charge is -2.12. The van der Waals surface area contributed by atoms with E-state index in [9.17, 15) is 4.79 Å². The van der Waals surface area contributed by atoms with E-state index in [1.807, 2.05) is 36.4 Å². The molecule has 0 saturated heterocycles. The van der Waals surface area contributed by atoms with E-state index in [-0.39, 0.29) is 12.5 Å². The molecule has 0 aliphatic carbocycles. The molecule has 0 bridgehead atoms. The van der Waals surface area contributed by atoms with Gasteiger partial charge in [0.2, 0.25) is 5.91 Å². The maximum Gasteiger partial charge on any atom is 0.246 e.